The number of aliphatic carboxylic acids is 1. The maximum Gasteiger partial charge on any atom is 0.326 e. The van der Waals surface area contributed by atoms with Gasteiger partial charge in [-0.15, -0.1) is 0 Å². The van der Waals surface area contributed by atoms with Crippen LogP contribution in [0.3, 0.4) is 0 Å². The quantitative estimate of drug-likeness (QED) is 0.330. The van der Waals surface area contributed by atoms with Gasteiger partial charge in [-0.2, -0.15) is 0 Å². The highest BCUT2D eigenvalue weighted by Crippen LogP contribution is 2.21. The predicted octanol–water partition coefficient (Wildman–Crippen LogP) is 0.958. The highest BCUT2D eigenvalue weighted by atomic mass is 16.4. The Morgan fingerprint density at radius 1 is 1.10 bits per heavy atom. The summed E-state index contributed by atoms with van der Waals surface area (Å²) in [5.74, 6) is -3.01. The molecule has 2 rings (SSSR count). The molecule has 9 nitrogen and oxygen atoms in total. The normalized spacial score (nSPS) is 14.4. The van der Waals surface area contributed by atoms with Gasteiger partial charge in [0.1, 0.15) is 6.04 Å². The van der Waals surface area contributed by atoms with Crippen LogP contribution in [-0.2, 0) is 20.8 Å². The van der Waals surface area contributed by atoms with Crippen molar-refractivity contribution in [3.05, 3.63) is 36.0 Å². The number of carbonyl (C=O) groups is 3. The third kappa shape index (κ3) is 5.90. The molecule has 2 aromatic rings. The molecule has 0 bridgehead atoms. The molecule has 3 atom stereocenters. The van der Waals surface area contributed by atoms with Crippen LogP contribution in [0.15, 0.2) is 30.5 Å². The van der Waals surface area contributed by atoms with Gasteiger partial charge in [-0.3, -0.25) is 14.5 Å². The minimum absolute atomic E-state index is 0.0919. The van der Waals surface area contributed by atoms with Crippen molar-refractivity contribution in [2.75, 3.05) is 6.54 Å². The molecule has 0 saturated carbocycles. The molecule has 1 aromatic heterocycles. The first-order chi connectivity index (χ1) is 14.7. The number of benzene rings is 1. The molecule has 0 spiro atoms. The lowest BCUT2D eigenvalue weighted by molar-refractivity contribution is -0.160. The lowest BCUT2D eigenvalue weighted by atomic mass is 9.98. The standard InChI is InChI=1S/C22H33N5O4/c1-13(2)19(25)21(29)27(18(22(30)31)9-5-6-10-23)20(28)16(24)11-14-12-26-17-8-4-3-7-15(14)17/h3-4,7-8,12-13,16,18-19,26H,5-6,9-11,23-25H2,1-2H3,(H,30,31)/t16-,18-,19-/m0/s1. The van der Waals surface area contributed by atoms with Gasteiger partial charge in [-0.05, 0) is 49.8 Å². The number of hydrogen-bond acceptors (Lipinski definition) is 6. The summed E-state index contributed by atoms with van der Waals surface area (Å²) in [6.45, 7) is 3.86. The molecule has 1 heterocycles. The van der Waals surface area contributed by atoms with E-state index in [0.717, 1.165) is 21.4 Å². The van der Waals surface area contributed by atoms with Gasteiger partial charge >= 0.3 is 5.97 Å². The van der Waals surface area contributed by atoms with E-state index >= 15 is 0 Å². The van der Waals surface area contributed by atoms with Gasteiger partial charge in [0.25, 0.3) is 0 Å². The second kappa shape index (κ2) is 11.0. The van der Waals surface area contributed by atoms with Crippen molar-refractivity contribution in [1.29, 1.82) is 0 Å². The van der Waals surface area contributed by atoms with Crippen molar-refractivity contribution >= 4 is 28.7 Å². The number of nitrogens with two attached hydrogens (primary N) is 3. The lowest BCUT2D eigenvalue weighted by Gasteiger charge is -2.32. The molecule has 0 aliphatic heterocycles. The Bertz CT molecular complexity index is 910. The summed E-state index contributed by atoms with van der Waals surface area (Å²) in [6.07, 6.45) is 3.05. The third-order valence-electron chi connectivity index (χ3n) is 5.44. The van der Waals surface area contributed by atoms with Crippen LogP contribution in [0.5, 0.6) is 0 Å². The zero-order chi connectivity index (χ0) is 23.1. The Kier molecular flexibility index (Phi) is 8.73. The summed E-state index contributed by atoms with van der Waals surface area (Å²) in [6, 6.07) is 4.12. The van der Waals surface area contributed by atoms with Crippen molar-refractivity contribution in [2.45, 2.75) is 57.7 Å². The second-order valence-electron chi connectivity index (χ2n) is 8.12. The molecule has 0 aliphatic carbocycles. The Morgan fingerprint density at radius 3 is 2.39 bits per heavy atom. The fourth-order valence-electron chi connectivity index (χ4n) is 3.51. The maximum atomic E-state index is 13.3. The Hall–Kier alpha value is -2.75. The molecule has 31 heavy (non-hydrogen) atoms. The highest BCUT2D eigenvalue weighted by Gasteiger charge is 2.39. The Morgan fingerprint density at radius 2 is 1.77 bits per heavy atom. The third-order valence-corrected chi connectivity index (χ3v) is 5.44. The minimum atomic E-state index is -1.34. The monoisotopic (exact) mass is 431 g/mol. The molecule has 9 heteroatoms. The van der Waals surface area contributed by atoms with Crippen LogP contribution in [-0.4, -0.2) is 57.4 Å². The summed E-state index contributed by atoms with van der Waals surface area (Å²) < 4.78 is 0. The summed E-state index contributed by atoms with van der Waals surface area (Å²) in [5.41, 5.74) is 19.4. The second-order valence-corrected chi connectivity index (χ2v) is 8.12. The lowest BCUT2D eigenvalue weighted by Crippen LogP contribution is -2.59. The molecule has 2 amide bonds. The number of aromatic amines is 1. The number of carboxylic acids is 1. The summed E-state index contributed by atoms with van der Waals surface area (Å²) in [4.78, 5) is 42.2. The number of para-hydroxylation sites is 1. The van der Waals surface area contributed by atoms with Crippen LogP contribution in [0.1, 0.15) is 38.7 Å². The van der Waals surface area contributed by atoms with E-state index < -0.39 is 35.9 Å². The number of H-pyrrole nitrogens is 1. The van der Waals surface area contributed by atoms with Gasteiger partial charge in [0.05, 0.1) is 12.1 Å². The van der Waals surface area contributed by atoms with Crippen molar-refractivity contribution < 1.29 is 19.5 Å². The molecule has 1 aromatic carbocycles. The van der Waals surface area contributed by atoms with E-state index in [1.54, 1.807) is 20.0 Å². The Labute approximate surface area is 181 Å². The predicted molar refractivity (Wildman–Crippen MR) is 119 cm³/mol. The number of rotatable bonds is 11. The minimum Gasteiger partial charge on any atom is -0.480 e. The summed E-state index contributed by atoms with van der Waals surface area (Å²) in [5, 5.41) is 10.7. The number of carbonyl (C=O) groups excluding carboxylic acids is 2. The van der Waals surface area contributed by atoms with Crippen molar-refractivity contribution in [2.24, 2.45) is 23.1 Å². The van der Waals surface area contributed by atoms with Gasteiger partial charge in [0, 0.05) is 17.1 Å². The first-order valence-electron chi connectivity index (χ1n) is 10.5. The van der Waals surface area contributed by atoms with E-state index in [0.29, 0.717) is 19.4 Å². The number of unbranched alkanes of at least 4 members (excludes halogenated alkanes) is 1. The average molecular weight is 432 g/mol. The number of amides is 2. The number of nitrogens with one attached hydrogen (secondary N) is 1. The molecule has 0 fully saturated rings. The van der Waals surface area contributed by atoms with Gasteiger partial charge in [-0.25, -0.2) is 4.79 Å². The van der Waals surface area contributed by atoms with E-state index in [4.69, 9.17) is 17.2 Å². The molecule has 0 unspecified atom stereocenters. The molecule has 170 valence electrons. The fraction of sp³-hybridized carbons (Fsp3) is 0.500. The first kappa shape index (κ1) is 24.5. The molecular formula is C22H33N5O4. The molecular weight excluding hydrogens is 398 g/mol. The van der Waals surface area contributed by atoms with Crippen molar-refractivity contribution in [3.8, 4) is 0 Å². The maximum absolute atomic E-state index is 13.3. The highest BCUT2D eigenvalue weighted by molar-refractivity contribution is 6.03. The summed E-state index contributed by atoms with van der Waals surface area (Å²) in [7, 11) is 0. The van der Waals surface area contributed by atoms with E-state index in [2.05, 4.69) is 4.98 Å². The van der Waals surface area contributed by atoms with Crippen LogP contribution in [0.25, 0.3) is 10.9 Å². The zero-order valence-electron chi connectivity index (χ0n) is 18.1. The van der Waals surface area contributed by atoms with Crippen LogP contribution in [0, 0.1) is 5.92 Å². The summed E-state index contributed by atoms with van der Waals surface area (Å²) >= 11 is 0. The molecule has 0 saturated heterocycles. The number of carboxylic acid groups (broad SMARTS) is 1. The average Bonchev–Trinajstić information content (AvgIpc) is 3.14. The first-order valence-corrected chi connectivity index (χ1v) is 10.5. The van der Waals surface area contributed by atoms with E-state index in [-0.39, 0.29) is 18.8 Å². The van der Waals surface area contributed by atoms with E-state index in [1.807, 2.05) is 24.3 Å². The van der Waals surface area contributed by atoms with Crippen molar-refractivity contribution in [3.63, 3.8) is 0 Å². The number of imide groups is 1. The molecule has 0 aliphatic rings. The fourth-order valence-corrected chi connectivity index (χ4v) is 3.51. The topological polar surface area (TPSA) is 169 Å². The number of nitrogens with zero attached hydrogens (tertiary/aromatic N) is 1. The van der Waals surface area contributed by atoms with Crippen LogP contribution in [0.2, 0.25) is 0 Å². The van der Waals surface area contributed by atoms with Gasteiger partial charge in [0.2, 0.25) is 11.8 Å². The smallest absolute Gasteiger partial charge is 0.326 e. The Balaban J connectivity index is 2.32. The van der Waals surface area contributed by atoms with Gasteiger partial charge in [0.15, 0.2) is 0 Å². The van der Waals surface area contributed by atoms with Crippen molar-refractivity contribution in [1.82, 2.24) is 9.88 Å². The largest absolute Gasteiger partial charge is 0.480 e. The van der Waals surface area contributed by atoms with E-state index in [9.17, 15) is 19.5 Å². The van der Waals surface area contributed by atoms with Gasteiger partial charge in [-0.1, -0.05) is 32.0 Å². The SMILES string of the molecule is CC(C)[C@H](N)C(=O)N(C(=O)[C@@H](N)Cc1c[nH]c2ccccc12)[C@@H](CCCCN)C(=O)O. The van der Waals surface area contributed by atoms with Crippen LogP contribution >= 0.6 is 0 Å². The molecule has 8 N–H and O–H groups in total. The van der Waals surface area contributed by atoms with Crippen LogP contribution < -0.4 is 17.2 Å². The van der Waals surface area contributed by atoms with E-state index in [1.165, 1.54) is 0 Å². The number of hydrogen-bond donors (Lipinski definition) is 5. The van der Waals surface area contributed by atoms with Crippen LogP contribution in [0.4, 0.5) is 0 Å². The number of fused-ring (bicyclic) bond motifs is 1. The molecule has 0 radical (unpaired) electrons. The zero-order valence-corrected chi connectivity index (χ0v) is 18.1. The number of aromatic nitrogens is 1. The van der Waals surface area contributed by atoms with Gasteiger partial charge < -0.3 is 27.3 Å².